The molecule has 0 bridgehead atoms. The summed E-state index contributed by atoms with van der Waals surface area (Å²) >= 11 is 1.78. The Morgan fingerprint density at radius 3 is 2.09 bits per heavy atom. The molecular formula is C39H23N3OS. The summed E-state index contributed by atoms with van der Waals surface area (Å²) in [6.07, 6.45) is 0. The van der Waals surface area contributed by atoms with Crippen molar-refractivity contribution in [2.75, 3.05) is 0 Å². The van der Waals surface area contributed by atoms with E-state index in [1.807, 2.05) is 60.7 Å². The number of aromatic nitrogens is 3. The van der Waals surface area contributed by atoms with E-state index in [9.17, 15) is 0 Å². The summed E-state index contributed by atoms with van der Waals surface area (Å²) in [5, 5.41) is 4.29. The third-order valence-corrected chi connectivity index (χ3v) is 9.06. The standard InChI is InChI=1S/C39H23N3OS/c1-3-11-24(12-4-1)37-40-38(25-13-5-2-6-14-25)42-39(41-37)26-21-22-32-31(23-26)35-28(16-10-19-33(35)43-32)30-18-9-17-29-27-15-7-8-20-34(27)44-36(29)30/h1-23H/i1D,3D,4D,11D,12D. The van der Waals surface area contributed by atoms with E-state index in [0.717, 1.165) is 27.5 Å². The van der Waals surface area contributed by atoms with Crippen molar-refractivity contribution < 1.29 is 11.3 Å². The molecule has 0 unspecified atom stereocenters. The van der Waals surface area contributed by atoms with Gasteiger partial charge in [0.05, 0.1) is 6.85 Å². The molecule has 0 fully saturated rings. The minimum Gasteiger partial charge on any atom is -0.456 e. The van der Waals surface area contributed by atoms with Gasteiger partial charge < -0.3 is 4.42 Å². The van der Waals surface area contributed by atoms with Crippen molar-refractivity contribution in [2.24, 2.45) is 0 Å². The monoisotopic (exact) mass is 586 g/mol. The van der Waals surface area contributed by atoms with E-state index in [4.69, 9.17) is 21.2 Å². The van der Waals surface area contributed by atoms with Crippen molar-refractivity contribution >= 4 is 53.4 Å². The third-order valence-electron chi connectivity index (χ3n) is 7.84. The van der Waals surface area contributed by atoms with Gasteiger partial charge in [0.2, 0.25) is 0 Å². The molecule has 0 amide bonds. The molecule has 9 rings (SSSR count). The van der Waals surface area contributed by atoms with Crippen molar-refractivity contribution in [2.45, 2.75) is 0 Å². The fourth-order valence-corrected chi connectivity index (χ4v) is 7.07. The number of hydrogen-bond acceptors (Lipinski definition) is 5. The fourth-order valence-electron chi connectivity index (χ4n) is 5.84. The smallest absolute Gasteiger partial charge is 0.164 e. The Morgan fingerprint density at radius 1 is 0.523 bits per heavy atom. The Kier molecular flexibility index (Phi) is 4.60. The molecule has 0 saturated carbocycles. The van der Waals surface area contributed by atoms with Gasteiger partial charge in [-0.05, 0) is 35.9 Å². The summed E-state index contributed by atoms with van der Waals surface area (Å²) < 4.78 is 50.6. The molecule has 0 saturated heterocycles. The molecular weight excluding hydrogens is 559 g/mol. The second kappa shape index (κ2) is 9.97. The van der Waals surface area contributed by atoms with Gasteiger partial charge in [0.15, 0.2) is 17.5 Å². The highest BCUT2D eigenvalue weighted by Gasteiger charge is 2.18. The normalized spacial score (nSPS) is 13.2. The topological polar surface area (TPSA) is 51.8 Å². The highest BCUT2D eigenvalue weighted by atomic mass is 32.1. The van der Waals surface area contributed by atoms with E-state index in [1.165, 1.54) is 20.2 Å². The molecule has 44 heavy (non-hydrogen) atoms. The van der Waals surface area contributed by atoms with Crippen molar-refractivity contribution in [3.63, 3.8) is 0 Å². The number of fused-ring (bicyclic) bond motifs is 6. The molecule has 0 radical (unpaired) electrons. The highest BCUT2D eigenvalue weighted by Crippen LogP contribution is 2.44. The van der Waals surface area contributed by atoms with Gasteiger partial charge >= 0.3 is 0 Å². The van der Waals surface area contributed by atoms with Gasteiger partial charge in [-0.1, -0.05) is 109 Å². The van der Waals surface area contributed by atoms with Crippen molar-refractivity contribution in [1.82, 2.24) is 15.0 Å². The lowest BCUT2D eigenvalue weighted by Crippen LogP contribution is -2.00. The summed E-state index contributed by atoms with van der Waals surface area (Å²) in [5.41, 5.74) is 4.91. The second-order valence-electron chi connectivity index (χ2n) is 10.4. The van der Waals surface area contributed by atoms with Gasteiger partial charge in [0.1, 0.15) is 11.2 Å². The zero-order chi connectivity index (χ0) is 33.4. The maximum absolute atomic E-state index is 8.61. The van der Waals surface area contributed by atoms with Gasteiger partial charge in [-0.25, -0.2) is 15.0 Å². The van der Waals surface area contributed by atoms with Crippen LogP contribution in [0.15, 0.2) is 144 Å². The summed E-state index contributed by atoms with van der Waals surface area (Å²) in [6, 6.07) is 33.9. The molecule has 0 N–H and O–H groups in total. The van der Waals surface area contributed by atoms with Crippen LogP contribution in [0, 0.1) is 0 Å². The van der Waals surface area contributed by atoms with Crippen LogP contribution in [0.3, 0.4) is 0 Å². The zero-order valence-electron chi connectivity index (χ0n) is 28.1. The summed E-state index contributed by atoms with van der Waals surface area (Å²) in [6.45, 7) is 0. The molecule has 4 nitrogen and oxygen atoms in total. The SMILES string of the molecule is [2H]c1c([2H])c([2H])c(-c2nc(-c3ccccc3)nc(-c3ccc4oc5cccc(-c6cccc7c6sc6ccccc67)c5c4c3)n2)c([2H])c1[2H]. The molecule has 6 aromatic carbocycles. The first-order chi connectivity index (χ1) is 23.9. The first kappa shape index (κ1) is 20.3. The van der Waals surface area contributed by atoms with Crippen LogP contribution in [-0.4, -0.2) is 15.0 Å². The molecule has 9 aromatic rings. The zero-order valence-corrected chi connectivity index (χ0v) is 23.9. The lowest BCUT2D eigenvalue weighted by molar-refractivity contribution is 0.669. The number of rotatable bonds is 4. The summed E-state index contributed by atoms with van der Waals surface area (Å²) in [4.78, 5) is 14.2. The first-order valence-electron chi connectivity index (χ1n) is 16.6. The van der Waals surface area contributed by atoms with Crippen molar-refractivity contribution in [1.29, 1.82) is 0 Å². The number of thiophene rings is 1. The third kappa shape index (κ3) is 4.02. The van der Waals surface area contributed by atoms with E-state index in [0.29, 0.717) is 28.4 Å². The second-order valence-corrected chi connectivity index (χ2v) is 11.5. The van der Waals surface area contributed by atoms with Crippen LogP contribution in [0.4, 0.5) is 0 Å². The number of nitrogens with zero attached hydrogens (tertiary/aromatic N) is 3. The molecule has 0 atom stereocenters. The largest absolute Gasteiger partial charge is 0.456 e. The Labute approximate surface area is 264 Å². The number of hydrogen-bond donors (Lipinski definition) is 0. The molecule has 0 aliphatic carbocycles. The van der Waals surface area contributed by atoms with Crippen LogP contribution in [-0.2, 0) is 0 Å². The maximum atomic E-state index is 8.61. The van der Waals surface area contributed by atoms with E-state index in [2.05, 4.69) is 53.5 Å². The Hall–Kier alpha value is -5.65. The molecule has 3 heterocycles. The fraction of sp³-hybridized carbons (Fsp3) is 0. The van der Waals surface area contributed by atoms with Crippen LogP contribution in [0.1, 0.15) is 6.85 Å². The molecule has 3 aromatic heterocycles. The van der Waals surface area contributed by atoms with Crippen LogP contribution < -0.4 is 0 Å². The Morgan fingerprint density at radius 2 is 1.23 bits per heavy atom. The predicted molar refractivity (Wildman–Crippen MR) is 182 cm³/mol. The predicted octanol–water partition coefficient (Wildman–Crippen LogP) is 10.8. The van der Waals surface area contributed by atoms with E-state index in [1.54, 1.807) is 11.3 Å². The van der Waals surface area contributed by atoms with Gasteiger partial charge in [-0.15, -0.1) is 11.3 Å². The highest BCUT2D eigenvalue weighted by molar-refractivity contribution is 7.26. The van der Waals surface area contributed by atoms with Gasteiger partial charge in [0.25, 0.3) is 0 Å². The van der Waals surface area contributed by atoms with Crippen LogP contribution in [0.2, 0.25) is 0 Å². The Balaban J connectivity index is 1.29. The van der Waals surface area contributed by atoms with Crippen LogP contribution >= 0.6 is 11.3 Å². The lowest BCUT2D eigenvalue weighted by atomic mass is 9.97. The lowest BCUT2D eigenvalue weighted by Gasteiger charge is -2.09. The van der Waals surface area contributed by atoms with Crippen molar-refractivity contribution in [3.8, 4) is 45.3 Å². The van der Waals surface area contributed by atoms with Gasteiger partial charge in [-0.2, -0.15) is 0 Å². The van der Waals surface area contributed by atoms with Crippen molar-refractivity contribution in [3.05, 3.63) is 139 Å². The minimum absolute atomic E-state index is 0.00451. The summed E-state index contributed by atoms with van der Waals surface area (Å²) in [7, 11) is 0. The average molecular weight is 587 g/mol. The average Bonchev–Trinajstić information content (AvgIpc) is 3.72. The van der Waals surface area contributed by atoms with Gasteiger partial charge in [0, 0.05) is 53.2 Å². The maximum Gasteiger partial charge on any atom is 0.164 e. The quantitative estimate of drug-likeness (QED) is 0.206. The van der Waals surface area contributed by atoms with Crippen LogP contribution in [0.25, 0.3) is 87.4 Å². The summed E-state index contributed by atoms with van der Waals surface area (Å²) in [5.74, 6) is 0.618. The van der Waals surface area contributed by atoms with Gasteiger partial charge in [-0.3, -0.25) is 0 Å². The van der Waals surface area contributed by atoms with Crippen LogP contribution in [0.5, 0.6) is 0 Å². The molecule has 206 valence electrons. The Bertz CT molecular complexity index is 2770. The molecule has 0 aliphatic rings. The molecule has 0 spiro atoms. The van der Waals surface area contributed by atoms with E-state index < -0.39 is 18.1 Å². The number of furan rings is 1. The van der Waals surface area contributed by atoms with E-state index >= 15 is 0 Å². The molecule has 0 aliphatic heterocycles. The number of benzene rings is 6. The molecule has 5 heteroatoms. The first-order valence-corrected chi connectivity index (χ1v) is 14.9. The minimum atomic E-state index is -0.476. The van der Waals surface area contributed by atoms with E-state index in [-0.39, 0.29) is 23.5 Å².